The Balaban J connectivity index is 2.11. The summed E-state index contributed by atoms with van der Waals surface area (Å²) in [6, 6.07) is 2.20. The van der Waals surface area contributed by atoms with Crippen molar-refractivity contribution in [1.82, 2.24) is 0 Å². The third-order valence-electron chi connectivity index (χ3n) is 4.62. The number of benzene rings is 1. The largest absolute Gasteiger partial charge is 0.453 e. The van der Waals surface area contributed by atoms with Gasteiger partial charge in [-0.15, -0.1) is 0 Å². The van der Waals surface area contributed by atoms with Gasteiger partial charge in [-0.25, -0.2) is 0 Å². The number of hydrogen-bond donors (Lipinski definition) is 1. The molecule has 1 aromatic rings. The molecule has 1 saturated carbocycles. The van der Waals surface area contributed by atoms with Crippen molar-refractivity contribution in [2.75, 3.05) is 13.3 Å². The van der Waals surface area contributed by atoms with E-state index in [0.29, 0.717) is 13.3 Å². The molecule has 0 amide bonds. The molecule has 2 aliphatic rings. The lowest BCUT2D eigenvalue weighted by Gasteiger charge is -2.38. The van der Waals surface area contributed by atoms with Crippen LogP contribution in [0.1, 0.15) is 43.2 Å². The van der Waals surface area contributed by atoms with E-state index in [1.54, 1.807) is 0 Å². The fraction of sp³-hybridized carbons (Fsp3) is 0.600. The second-order valence-electron chi connectivity index (χ2n) is 5.64. The van der Waals surface area contributed by atoms with Crippen molar-refractivity contribution >= 4 is 15.9 Å². The van der Waals surface area contributed by atoms with Crippen molar-refractivity contribution in [3.05, 3.63) is 21.7 Å². The molecule has 0 atom stereocenters. The topological polar surface area (TPSA) is 44.5 Å². The fourth-order valence-electron chi connectivity index (χ4n) is 3.52. The van der Waals surface area contributed by atoms with Gasteiger partial charge in [-0.1, -0.05) is 19.3 Å². The minimum Gasteiger partial charge on any atom is -0.453 e. The van der Waals surface area contributed by atoms with Crippen molar-refractivity contribution < 1.29 is 9.47 Å². The SMILES string of the molecule is Cc1c(C2(CN)CCCCC2)cc(Br)c2c1OCO2. The Hall–Kier alpha value is -0.740. The van der Waals surface area contributed by atoms with E-state index in [9.17, 15) is 0 Å². The lowest BCUT2D eigenvalue weighted by molar-refractivity contribution is 0.173. The molecule has 3 nitrogen and oxygen atoms in total. The maximum Gasteiger partial charge on any atom is 0.231 e. The van der Waals surface area contributed by atoms with Crippen LogP contribution in [0.5, 0.6) is 11.5 Å². The average molecular weight is 326 g/mol. The van der Waals surface area contributed by atoms with Gasteiger partial charge >= 0.3 is 0 Å². The quantitative estimate of drug-likeness (QED) is 0.902. The summed E-state index contributed by atoms with van der Waals surface area (Å²) in [5.74, 6) is 1.73. The molecule has 104 valence electrons. The molecule has 0 bridgehead atoms. The van der Waals surface area contributed by atoms with E-state index in [0.717, 1.165) is 16.0 Å². The first-order chi connectivity index (χ1) is 9.18. The Morgan fingerprint density at radius 1 is 1.21 bits per heavy atom. The summed E-state index contributed by atoms with van der Waals surface area (Å²) in [5, 5.41) is 0. The van der Waals surface area contributed by atoms with E-state index in [-0.39, 0.29) is 5.41 Å². The highest BCUT2D eigenvalue weighted by Crippen LogP contribution is 2.49. The van der Waals surface area contributed by atoms with E-state index in [2.05, 4.69) is 28.9 Å². The van der Waals surface area contributed by atoms with Crippen molar-refractivity contribution in [2.45, 2.75) is 44.4 Å². The normalized spacial score (nSPS) is 20.6. The summed E-state index contributed by atoms with van der Waals surface area (Å²) < 4.78 is 12.1. The van der Waals surface area contributed by atoms with Gasteiger partial charge < -0.3 is 15.2 Å². The first kappa shape index (κ1) is 13.3. The Labute approximate surface area is 122 Å². The fourth-order valence-corrected chi connectivity index (χ4v) is 4.04. The van der Waals surface area contributed by atoms with Gasteiger partial charge in [0.05, 0.1) is 4.47 Å². The molecular weight excluding hydrogens is 306 g/mol. The smallest absolute Gasteiger partial charge is 0.231 e. The molecule has 19 heavy (non-hydrogen) atoms. The van der Waals surface area contributed by atoms with Crippen molar-refractivity contribution in [3.8, 4) is 11.5 Å². The molecule has 1 fully saturated rings. The highest BCUT2D eigenvalue weighted by atomic mass is 79.9. The second kappa shape index (κ2) is 4.98. The Morgan fingerprint density at radius 3 is 2.58 bits per heavy atom. The molecular formula is C15H20BrNO2. The van der Waals surface area contributed by atoms with Crippen LogP contribution >= 0.6 is 15.9 Å². The molecule has 1 heterocycles. The van der Waals surface area contributed by atoms with Gasteiger partial charge in [-0.2, -0.15) is 0 Å². The van der Waals surface area contributed by atoms with Gasteiger partial charge in [0.1, 0.15) is 0 Å². The third-order valence-corrected chi connectivity index (χ3v) is 5.21. The van der Waals surface area contributed by atoms with Crippen LogP contribution in [0.4, 0.5) is 0 Å². The predicted octanol–water partition coefficient (Wildman–Crippen LogP) is 3.65. The first-order valence-electron chi connectivity index (χ1n) is 6.97. The lowest BCUT2D eigenvalue weighted by Crippen LogP contribution is -2.37. The maximum atomic E-state index is 6.15. The van der Waals surface area contributed by atoms with E-state index in [4.69, 9.17) is 15.2 Å². The molecule has 1 aliphatic carbocycles. The average Bonchev–Trinajstić information content (AvgIpc) is 2.94. The van der Waals surface area contributed by atoms with Gasteiger partial charge in [0, 0.05) is 12.0 Å². The van der Waals surface area contributed by atoms with E-state index >= 15 is 0 Å². The molecule has 1 aromatic carbocycles. The van der Waals surface area contributed by atoms with E-state index < -0.39 is 0 Å². The van der Waals surface area contributed by atoms with E-state index in [1.807, 2.05) is 0 Å². The highest BCUT2D eigenvalue weighted by molar-refractivity contribution is 9.10. The molecule has 0 spiro atoms. The number of halogens is 1. The highest BCUT2D eigenvalue weighted by Gasteiger charge is 2.36. The molecule has 0 radical (unpaired) electrons. The number of nitrogens with two attached hydrogens (primary N) is 1. The minimum absolute atomic E-state index is 0.117. The number of hydrogen-bond acceptors (Lipinski definition) is 3. The second-order valence-corrected chi connectivity index (χ2v) is 6.50. The number of ether oxygens (including phenoxy) is 2. The molecule has 2 N–H and O–H groups in total. The summed E-state index contributed by atoms with van der Waals surface area (Å²) in [6.07, 6.45) is 6.21. The van der Waals surface area contributed by atoms with Crippen LogP contribution in [0.2, 0.25) is 0 Å². The summed E-state index contributed by atoms with van der Waals surface area (Å²) in [5.41, 5.74) is 8.80. The summed E-state index contributed by atoms with van der Waals surface area (Å²) in [4.78, 5) is 0. The van der Waals surface area contributed by atoms with Crippen LogP contribution in [0.3, 0.4) is 0 Å². The van der Waals surface area contributed by atoms with Crippen LogP contribution < -0.4 is 15.2 Å². The van der Waals surface area contributed by atoms with Crippen molar-refractivity contribution in [2.24, 2.45) is 5.73 Å². The molecule has 0 unspecified atom stereocenters. The first-order valence-corrected chi connectivity index (χ1v) is 7.76. The van der Waals surface area contributed by atoms with E-state index in [1.165, 1.54) is 43.2 Å². The van der Waals surface area contributed by atoms with Gasteiger partial charge in [0.25, 0.3) is 0 Å². The summed E-state index contributed by atoms with van der Waals surface area (Å²) in [7, 11) is 0. The lowest BCUT2D eigenvalue weighted by atomic mass is 9.68. The Morgan fingerprint density at radius 2 is 1.89 bits per heavy atom. The van der Waals surface area contributed by atoms with Crippen LogP contribution in [0.15, 0.2) is 10.5 Å². The number of fused-ring (bicyclic) bond motifs is 1. The predicted molar refractivity (Wildman–Crippen MR) is 78.8 cm³/mol. The van der Waals surface area contributed by atoms with Gasteiger partial charge in [-0.05, 0) is 52.9 Å². The van der Waals surface area contributed by atoms with Crippen LogP contribution in [-0.4, -0.2) is 13.3 Å². The zero-order chi connectivity index (χ0) is 13.5. The Kier molecular flexibility index (Phi) is 3.48. The van der Waals surface area contributed by atoms with Crippen LogP contribution in [-0.2, 0) is 5.41 Å². The standard InChI is InChI=1S/C15H20BrNO2/c1-10-11(15(8-17)5-3-2-4-6-15)7-12(16)14-13(10)18-9-19-14/h7H,2-6,8-9,17H2,1H3. The molecule has 4 heteroatoms. The number of rotatable bonds is 2. The van der Waals surface area contributed by atoms with Gasteiger partial charge in [-0.3, -0.25) is 0 Å². The molecule has 1 aliphatic heterocycles. The molecule has 0 aromatic heterocycles. The molecule has 3 rings (SSSR count). The minimum atomic E-state index is 0.117. The van der Waals surface area contributed by atoms with Crippen LogP contribution in [0.25, 0.3) is 0 Å². The maximum absolute atomic E-state index is 6.15. The molecule has 0 saturated heterocycles. The van der Waals surface area contributed by atoms with Crippen molar-refractivity contribution in [1.29, 1.82) is 0 Å². The van der Waals surface area contributed by atoms with Gasteiger partial charge in [0.2, 0.25) is 6.79 Å². The summed E-state index contributed by atoms with van der Waals surface area (Å²) in [6.45, 7) is 3.15. The summed E-state index contributed by atoms with van der Waals surface area (Å²) >= 11 is 3.61. The van der Waals surface area contributed by atoms with Crippen molar-refractivity contribution in [3.63, 3.8) is 0 Å². The Bertz CT molecular complexity index is 495. The third kappa shape index (κ3) is 2.05. The van der Waals surface area contributed by atoms with Crippen LogP contribution in [0, 0.1) is 6.92 Å². The zero-order valence-electron chi connectivity index (χ0n) is 11.3. The van der Waals surface area contributed by atoms with Gasteiger partial charge in [0.15, 0.2) is 11.5 Å². The monoisotopic (exact) mass is 325 g/mol. The zero-order valence-corrected chi connectivity index (χ0v) is 12.9.